The van der Waals surface area contributed by atoms with Crippen molar-refractivity contribution in [3.05, 3.63) is 18.0 Å². The minimum atomic E-state index is 0.511. The van der Waals surface area contributed by atoms with Crippen molar-refractivity contribution >= 4 is 0 Å². The van der Waals surface area contributed by atoms with Gasteiger partial charge in [-0.25, -0.2) is 0 Å². The number of rotatable bonds is 6. The predicted octanol–water partition coefficient (Wildman–Crippen LogP) is 1.72. The summed E-state index contributed by atoms with van der Waals surface area (Å²) in [7, 11) is 0. The molecule has 0 aliphatic carbocycles. The highest BCUT2D eigenvalue weighted by molar-refractivity contribution is 4.91. The van der Waals surface area contributed by atoms with Gasteiger partial charge in [0.15, 0.2) is 0 Å². The average Bonchev–Trinajstić information content (AvgIpc) is 2.88. The van der Waals surface area contributed by atoms with E-state index in [9.17, 15) is 0 Å². The first-order valence-electron chi connectivity index (χ1n) is 5.67. The van der Waals surface area contributed by atoms with Crippen molar-refractivity contribution in [1.82, 2.24) is 10.5 Å². The van der Waals surface area contributed by atoms with Gasteiger partial charge in [-0.2, -0.15) is 0 Å². The summed E-state index contributed by atoms with van der Waals surface area (Å²) in [6, 6.07) is 1.88. The van der Waals surface area contributed by atoms with Crippen molar-refractivity contribution in [2.45, 2.75) is 38.3 Å². The molecule has 1 fully saturated rings. The van der Waals surface area contributed by atoms with Crippen molar-refractivity contribution in [1.29, 1.82) is 0 Å². The Kier molecular flexibility index (Phi) is 4.17. The molecule has 0 saturated carbocycles. The first kappa shape index (κ1) is 10.6. The Morgan fingerprint density at radius 2 is 2.53 bits per heavy atom. The van der Waals surface area contributed by atoms with Crippen molar-refractivity contribution in [3.63, 3.8) is 0 Å². The van der Waals surface area contributed by atoms with E-state index in [1.807, 2.05) is 6.07 Å². The fourth-order valence-electron chi connectivity index (χ4n) is 1.87. The van der Waals surface area contributed by atoms with Crippen LogP contribution in [0.5, 0.6) is 0 Å². The van der Waals surface area contributed by atoms with E-state index < -0.39 is 0 Å². The zero-order valence-electron chi connectivity index (χ0n) is 8.95. The highest BCUT2D eigenvalue weighted by Crippen LogP contribution is 2.16. The molecule has 0 spiro atoms. The Labute approximate surface area is 90.0 Å². The molecule has 0 amide bonds. The molecule has 2 heterocycles. The lowest BCUT2D eigenvalue weighted by molar-refractivity contribution is 0.102. The first-order valence-corrected chi connectivity index (χ1v) is 5.67. The lowest BCUT2D eigenvalue weighted by Crippen LogP contribution is -2.16. The number of nitrogens with one attached hydrogen (secondary N) is 1. The maximum absolute atomic E-state index is 5.55. The Balaban J connectivity index is 1.48. The van der Waals surface area contributed by atoms with Crippen LogP contribution in [0.1, 0.15) is 31.4 Å². The molecule has 1 saturated heterocycles. The maximum Gasteiger partial charge on any atom is 0.150 e. The van der Waals surface area contributed by atoms with Crippen molar-refractivity contribution in [3.8, 4) is 0 Å². The second kappa shape index (κ2) is 5.88. The van der Waals surface area contributed by atoms with E-state index in [0.29, 0.717) is 6.10 Å². The van der Waals surface area contributed by atoms with Gasteiger partial charge in [0.1, 0.15) is 5.76 Å². The second-order valence-corrected chi connectivity index (χ2v) is 3.93. The van der Waals surface area contributed by atoms with Gasteiger partial charge in [-0.1, -0.05) is 5.16 Å². The molecule has 2 rings (SSSR count). The van der Waals surface area contributed by atoms with E-state index in [-0.39, 0.29) is 0 Å². The van der Waals surface area contributed by atoms with Crippen molar-refractivity contribution < 1.29 is 9.26 Å². The van der Waals surface area contributed by atoms with Crippen molar-refractivity contribution in [2.75, 3.05) is 13.2 Å². The fraction of sp³-hybridized carbons (Fsp3) is 0.727. The summed E-state index contributed by atoms with van der Waals surface area (Å²) < 4.78 is 10.5. The molecule has 1 aromatic rings. The third kappa shape index (κ3) is 3.64. The van der Waals surface area contributed by atoms with E-state index in [4.69, 9.17) is 9.26 Å². The van der Waals surface area contributed by atoms with Gasteiger partial charge < -0.3 is 14.6 Å². The fourth-order valence-corrected chi connectivity index (χ4v) is 1.87. The zero-order valence-corrected chi connectivity index (χ0v) is 8.95. The standard InChI is InChI=1S/C11H18N2O2/c1(3-10-4-2-8-14-10)6-12-9-11-5-7-13-15-11/h5,7,10,12H,1-4,6,8-9H2. The van der Waals surface area contributed by atoms with E-state index in [2.05, 4.69) is 10.5 Å². The minimum Gasteiger partial charge on any atom is -0.378 e. The first-order chi connectivity index (χ1) is 7.45. The largest absolute Gasteiger partial charge is 0.378 e. The molecule has 1 unspecified atom stereocenters. The SMILES string of the molecule is c1cc(CNCCCC2CCCO2)on1. The molecule has 1 aromatic heterocycles. The maximum atomic E-state index is 5.55. The van der Waals surface area contributed by atoms with E-state index in [0.717, 1.165) is 25.5 Å². The number of nitrogens with zero attached hydrogens (tertiary/aromatic N) is 1. The summed E-state index contributed by atoms with van der Waals surface area (Å²) in [6.45, 7) is 2.74. The Hall–Kier alpha value is -0.870. The third-order valence-corrected chi connectivity index (χ3v) is 2.69. The van der Waals surface area contributed by atoms with Gasteiger partial charge in [0.25, 0.3) is 0 Å². The van der Waals surface area contributed by atoms with Crippen LogP contribution >= 0.6 is 0 Å². The van der Waals surface area contributed by atoms with Gasteiger partial charge in [0.2, 0.25) is 0 Å². The summed E-state index contributed by atoms with van der Waals surface area (Å²) in [4.78, 5) is 0. The molecule has 1 atom stereocenters. The summed E-state index contributed by atoms with van der Waals surface area (Å²) >= 11 is 0. The van der Waals surface area contributed by atoms with Gasteiger partial charge in [-0.05, 0) is 32.2 Å². The van der Waals surface area contributed by atoms with Crippen LogP contribution in [0.3, 0.4) is 0 Å². The van der Waals surface area contributed by atoms with E-state index in [1.54, 1.807) is 6.20 Å². The molecule has 4 nitrogen and oxygen atoms in total. The highest BCUT2D eigenvalue weighted by Gasteiger charge is 2.14. The van der Waals surface area contributed by atoms with Gasteiger partial charge in [-0.3, -0.25) is 0 Å². The normalized spacial score (nSPS) is 20.9. The number of ether oxygens (including phenoxy) is 1. The Bertz CT molecular complexity index is 256. The highest BCUT2D eigenvalue weighted by atomic mass is 16.5. The van der Waals surface area contributed by atoms with E-state index in [1.165, 1.54) is 25.7 Å². The number of aromatic nitrogens is 1. The number of hydrogen-bond acceptors (Lipinski definition) is 4. The van der Waals surface area contributed by atoms with Crippen LogP contribution < -0.4 is 5.32 Å². The van der Waals surface area contributed by atoms with Gasteiger partial charge in [0, 0.05) is 12.7 Å². The molecular weight excluding hydrogens is 192 g/mol. The average molecular weight is 210 g/mol. The van der Waals surface area contributed by atoms with Gasteiger partial charge >= 0.3 is 0 Å². The monoisotopic (exact) mass is 210 g/mol. The molecule has 1 aliphatic heterocycles. The van der Waals surface area contributed by atoms with Crippen LogP contribution in [0.15, 0.2) is 16.8 Å². The predicted molar refractivity (Wildman–Crippen MR) is 56.4 cm³/mol. The van der Waals surface area contributed by atoms with Crippen LogP contribution in [0.4, 0.5) is 0 Å². The molecule has 0 bridgehead atoms. The molecule has 4 heteroatoms. The van der Waals surface area contributed by atoms with Crippen LogP contribution in [0.25, 0.3) is 0 Å². The smallest absolute Gasteiger partial charge is 0.150 e. The quantitative estimate of drug-likeness (QED) is 0.726. The summed E-state index contributed by atoms with van der Waals surface area (Å²) in [6.07, 6.45) is 6.99. The topological polar surface area (TPSA) is 47.3 Å². The summed E-state index contributed by atoms with van der Waals surface area (Å²) in [5.74, 6) is 0.895. The summed E-state index contributed by atoms with van der Waals surface area (Å²) in [5.41, 5.74) is 0. The van der Waals surface area contributed by atoms with Gasteiger partial charge in [0.05, 0.1) is 18.8 Å². The number of hydrogen-bond donors (Lipinski definition) is 1. The van der Waals surface area contributed by atoms with Crippen LogP contribution in [-0.4, -0.2) is 24.4 Å². The van der Waals surface area contributed by atoms with Crippen LogP contribution in [0, 0.1) is 0 Å². The van der Waals surface area contributed by atoms with Gasteiger partial charge in [-0.15, -0.1) is 0 Å². The lowest BCUT2D eigenvalue weighted by Gasteiger charge is -2.08. The Morgan fingerprint density at radius 3 is 3.27 bits per heavy atom. The van der Waals surface area contributed by atoms with Crippen LogP contribution in [-0.2, 0) is 11.3 Å². The Morgan fingerprint density at radius 1 is 1.53 bits per heavy atom. The molecule has 0 aromatic carbocycles. The zero-order chi connectivity index (χ0) is 10.3. The van der Waals surface area contributed by atoms with Crippen molar-refractivity contribution in [2.24, 2.45) is 0 Å². The summed E-state index contributed by atoms with van der Waals surface area (Å²) in [5, 5.41) is 6.97. The molecule has 1 aliphatic rings. The molecule has 84 valence electrons. The second-order valence-electron chi connectivity index (χ2n) is 3.93. The molecular formula is C11H18N2O2. The van der Waals surface area contributed by atoms with E-state index >= 15 is 0 Å². The lowest BCUT2D eigenvalue weighted by atomic mass is 10.1. The molecule has 0 radical (unpaired) electrons. The molecule has 1 N–H and O–H groups in total. The molecule has 15 heavy (non-hydrogen) atoms. The third-order valence-electron chi connectivity index (χ3n) is 2.69. The van der Waals surface area contributed by atoms with Crippen LogP contribution in [0.2, 0.25) is 0 Å². The minimum absolute atomic E-state index is 0.511.